The van der Waals surface area contributed by atoms with Crippen LogP contribution in [0.5, 0.6) is 0 Å². The second kappa shape index (κ2) is 8.11. The quantitative estimate of drug-likeness (QED) is 0.558. The van der Waals surface area contributed by atoms with Gasteiger partial charge in [0.1, 0.15) is 0 Å². The number of para-hydroxylation sites is 1. The van der Waals surface area contributed by atoms with Crippen LogP contribution in [0.15, 0.2) is 79.4 Å². The van der Waals surface area contributed by atoms with Gasteiger partial charge in [0.2, 0.25) is 11.8 Å². The van der Waals surface area contributed by atoms with Crippen molar-refractivity contribution in [2.45, 2.75) is 13.3 Å². The van der Waals surface area contributed by atoms with E-state index >= 15 is 0 Å². The monoisotopic (exact) mass is 400 g/mol. The highest BCUT2D eigenvalue weighted by Gasteiger charge is 2.50. The fourth-order valence-corrected chi connectivity index (χ4v) is 4.38. The van der Waals surface area contributed by atoms with Gasteiger partial charge in [0.05, 0.1) is 17.5 Å². The predicted octanol–water partition coefficient (Wildman–Crippen LogP) is 4.22. The molecule has 0 saturated carbocycles. The molecule has 2 aromatic rings. The van der Waals surface area contributed by atoms with E-state index in [1.807, 2.05) is 49.4 Å². The van der Waals surface area contributed by atoms with E-state index in [9.17, 15) is 14.4 Å². The van der Waals surface area contributed by atoms with Gasteiger partial charge in [-0.05, 0) is 42.7 Å². The summed E-state index contributed by atoms with van der Waals surface area (Å²) in [6, 6.07) is 16.1. The van der Waals surface area contributed by atoms with E-state index in [-0.39, 0.29) is 35.5 Å². The molecule has 0 bridgehead atoms. The van der Waals surface area contributed by atoms with Crippen LogP contribution < -0.4 is 9.80 Å². The first-order valence-corrected chi connectivity index (χ1v) is 10.1. The number of hydrogen-bond acceptors (Lipinski definition) is 3. The van der Waals surface area contributed by atoms with Crippen LogP contribution in [0.25, 0.3) is 0 Å². The Labute approximate surface area is 176 Å². The summed E-state index contributed by atoms with van der Waals surface area (Å²) in [5, 5.41) is 0. The van der Waals surface area contributed by atoms with Crippen molar-refractivity contribution in [2.24, 2.45) is 17.8 Å². The Morgan fingerprint density at radius 1 is 1.13 bits per heavy atom. The molecule has 1 aliphatic carbocycles. The van der Waals surface area contributed by atoms with Gasteiger partial charge in [-0.1, -0.05) is 49.4 Å². The van der Waals surface area contributed by atoms with Gasteiger partial charge in [-0.15, -0.1) is 6.58 Å². The number of nitrogens with zero attached hydrogens (tertiary/aromatic N) is 2. The average molecular weight is 400 g/mol. The Morgan fingerprint density at radius 2 is 1.90 bits per heavy atom. The Kier molecular flexibility index (Phi) is 5.36. The lowest BCUT2D eigenvalue weighted by Crippen LogP contribution is -2.33. The minimum atomic E-state index is -0.330. The number of amides is 3. The molecule has 3 atom stereocenters. The average Bonchev–Trinajstić information content (AvgIpc) is 3.03. The summed E-state index contributed by atoms with van der Waals surface area (Å²) in [6.45, 7) is 6.07. The number of benzene rings is 2. The minimum Gasteiger partial charge on any atom is -0.305 e. The number of hydrogen-bond donors (Lipinski definition) is 0. The van der Waals surface area contributed by atoms with E-state index in [1.54, 1.807) is 35.2 Å². The Morgan fingerprint density at radius 3 is 2.60 bits per heavy atom. The van der Waals surface area contributed by atoms with Crippen molar-refractivity contribution < 1.29 is 14.4 Å². The molecule has 30 heavy (non-hydrogen) atoms. The van der Waals surface area contributed by atoms with Crippen LogP contribution in [0.2, 0.25) is 0 Å². The predicted molar refractivity (Wildman–Crippen MR) is 117 cm³/mol. The molecule has 2 aliphatic rings. The molecule has 0 N–H and O–H groups in total. The lowest BCUT2D eigenvalue weighted by atomic mass is 9.78. The van der Waals surface area contributed by atoms with Gasteiger partial charge < -0.3 is 4.90 Å². The van der Waals surface area contributed by atoms with Crippen LogP contribution in [0.1, 0.15) is 23.7 Å². The molecule has 2 aromatic carbocycles. The highest BCUT2D eigenvalue weighted by Crippen LogP contribution is 2.40. The zero-order valence-electron chi connectivity index (χ0n) is 16.9. The molecule has 5 nitrogen and oxygen atoms in total. The molecule has 4 rings (SSSR count). The van der Waals surface area contributed by atoms with E-state index in [4.69, 9.17) is 0 Å². The summed E-state index contributed by atoms with van der Waals surface area (Å²) in [5.41, 5.74) is 1.62. The molecule has 3 amide bonds. The third-order valence-corrected chi connectivity index (χ3v) is 5.85. The first-order chi connectivity index (χ1) is 14.5. The first kappa shape index (κ1) is 19.8. The van der Waals surface area contributed by atoms with Gasteiger partial charge in [0, 0.05) is 17.8 Å². The van der Waals surface area contributed by atoms with Crippen LogP contribution in [0.3, 0.4) is 0 Å². The topological polar surface area (TPSA) is 57.7 Å². The molecular weight excluding hydrogens is 376 g/mol. The molecule has 1 aliphatic heterocycles. The molecule has 1 saturated heterocycles. The van der Waals surface area contributed by atoms with Crippen LogP contribution in [0.4, 0.5) is 11.4 Å². The summed E-state index contributed by atoms with van der Waals surface area (Å²) in [4.78, 5) is 42.2. The van der Waals surface area contributed by atoms with Crippen molar-refractivity contribution in [3.8, 4) is 0 Å². The molecule has 152 valence electrons. The number of allylic oxidation sites excluding steroid dienone is 2. The van der Waals surface area contributed by atoms with E-state index in [0.29, 0.717) is 24.2 Å². The summed E-state index contributed by atoms with van der Waals surface area (Å²) in [5.74, 6) is -1.21. The fourth-order valence-electron chi connectivity index (χ4n) is 4.38. The van der Waals surface area contributed by atoms with Crippen LogP contribution in [-0.4, -0.2) is 24.3 Å². The first-order valence-electron chi connectivity index (χ1n) is 10.1. The highest BCUT2D eigenvalue weighted by molar-refractivity contribution is 6.22. The highest BCUT2D eigenvalue weighted by atomic mass is 16.2. The summed E-state index contributed by atoms with van der Waals surface area (Å²) in [7, 11) is 0. The van der Waals surface area contributed by atoms with Gasteiger partial charge in [0.15, 0.2) is 0 Å². The Bertz CT molecular complexity index is 1030. The van der Waals surface area contributed by atoms with E-state index in [0.717, 1.165) is 5.69 Å². The zero-order valence-corrected chi connectivity index (χ0v) is 16.9. The molecule has 0 radical (unpaired) electrons. The fraction of sp³-hybridized carbons (Fsp3) is 0.240. The van der Waals surface area contributed by atoms with Crippen molar-refractivity contribution in [3.63, 3.8) is 0 Å². The Hall–Kier alpha value is -3.47. The maximum Gasteiger partial charge on any atom is 0.258 e. The number of imide groups is 1. The summed E-state index contributed by atoms with van der Waals surface area (Å²) >= 11 is 0. The number of fused-ring (bicyclic) bond motifs is 1. The van der Waals surface area contributed by atoms with Gasteiger partial charge in [0.25, 0.3) is 5.91 Å². The van der Waals surface area contributed by atoms with Gasteiger partial charge in [-0.2, -0.15) is 0 Å². The standard InChI is InChI=1S/C25H24N2O3/c1-3-15-26(19-11-5-4-6-12-19)23(28)18-10-8-13-20(16-18)27-24(29)21-14-7-9-17(2)22(21)25(27)30/h3-13,16-17,21-22H,1,14-15H2,2H3/t17-,21-,22-/m1/s1. The number of anilines is 2. The largest absolute Gasteiger partial charge is 0.305 e. The summed E-state index contributed by atoms with van der Waals surface area (Å²) < 4.78 is 0. The molecule has 0 unspecified atom stereocenters. The normalized spacial score (nSPS) is 22.7. The number of carbonyl (C=O) groups excluding carboxylic acids is 3. The van der Waals surface area contributed by atoms with Crippen molar-refractivity contribution in [3.05, 3.63) is 85.0 Å². The number of rotatable bonds is 5. The van der Waals surface area contributed by atoms with Gasteiger partial charge in [-0.3, -0.25) is 19.3 Å². The van der Waals surface area contributed by atoms with E-state index < -0.39 is 0 Å². The van der Waals surface area contributed by atoms with Crippen LogP contribution in [0, 0.1) is 17.8 Å². The van der Waals surface area contributed by atoms with Crippen LogP contribution >= 0.6 is 0 Å². The maximum atomic E-state index is 13.2. The molecular formula is C25H24N2O3. The van der Waals surface area contributed by atoms with Crippen molar-refractivity contribution in [2.75, 3.05) is 16.3 Å². The van der Waals surface area contributed by atoms with Gasteiger partial charge >= 0.3 is 0 Å². The van der Waals surface area contributed by atoms with E-state index in [1.165, 1.54) is 4.90 Å². The summed E-state index contributed by atoms with van der Waals surface area (Å²) in [6.07, 6.45) is 6.23. The third kappa shape index (κ3) is 3.36. The Balaban J connectivity index is 1.66. The molecule has 0 aromatic heterocycles. The maximum absolute atomic E-state index is 13.2. The van der Waals surface area contributed by atoms with E-state index in [2.05, 4.69) is 6.58 Å². The lowest BCUT2D eigenvalue weighted by Gasteiger charge is -2.23. The molecule has 0 spiro atoms. The lowest BCUT2D eigenvalue weighted by molar-refractivity contribution is -0.122. The van der Waals surface area contributed by atoms with Crippen molar-refractivity contribution >= 4 is 29.1 Å². The second-order valence-electron chi connectivity index (χ2n) is 7.76. The second-order valence-corrected chi connectivity index (χ2v) is 7.76. The minimum absolute atomic E-state index is 0.0242. The SMILES string of the molecule is C=CCN(C(=O)c1cccc(N2C(=O)[C@@H]3[C@H](C)C=CC[C@H]3C2=O)c1)c1ccccc1. The van der Waals surface area contributed by atoms with Gasteiger partial charge in [-0.25, -0.2) is 0 Å². The smallest absolute Gasteiger partial charge is 0.258 e. The molecule has 1 fully saturated rings. The molecule has 5 heteroatoms. The number of carbonyl (C=O) groups is 3. The van der Waals surface area contributed by atoms with Crippen LogP contribution in [-0.2, 0) is 9.59 Å². The molecule has 1 heterocycles. The third-order valence-electron chi connectivity index (χ3n) is 5.85. The van der Waals surface area contributed by atoms with Crippen molar-refractivity contribution in [1.29, 1.82) is 0 Å². The zero-order chi connectivity index (χ0) is 21.3. The van der Waals surface area contributed by atoms with Crippen molar-refractivity contribution in [1.82, 2.24) is 0 Å².